The second-order valence-electron chi connectivity index (χ2n) is 5.25. The zero-order chi connectivity index (χ0) is 14.8. The summed E-state index contributed by atoms with van der Waals surface area (Å²) in [6.07, 6.45) is 3.34. The summed E-state index contributed by atoms with van der Waals surface area (Å²) < 4.78 is 10.9. The van der Waals surface area contributed by atoms with Gasteiger partial charge in [-0.05, 0) is 37.5 Å². The average molecular weight is 279 g/mol. The minimum absolute atomic E-state index is 0.321. The highest BCUT2D eigenvalue weighted by Crippen LogP contribution is 2.18. The molecule has 0 amide bonds. The first-order valence-electron chi connectivity index (χ1n) is 7.69. The van der Waals surface area contributed by atoms with E-state index in [-0.39, 0.29) is 0 Å². The molecule has 1 aromatic carbocycles. The van der Waals surface area contributed by atoms with Crippen LogP contribution < -0.4 is 10.1 Å². The largest absolute Gasteiger partial charge is 0.494 e. The summed E-state index contributed by atoms with van der Waals surface area (Å²) in [7, 11) is 1.76. The van der Waals surface area contributed by atoms with Crippen molar-refractivity contribution in [3.63, 3.8) is 0 Å². The van der Waals surface area contributed by atoms with Gasteiger partial charge in [0, 0.05) is 19.2 Å². The highest BCUT2D eigenvalue weighted by atomic mass is 16.5. The number of ether oxygens (including phenoxy) is 2. The van der Waals surface area contributed by atoms with Gasteiger partial charge < -0.3 is 14.8 Å². The lowest BCUT2D eigenvalue weighted by Gasteiger charge is -2.23. The Morgan fingerprint density at radius 3 is 2.35 bits per heavy atom. The molecule has 3 nitrogen and oxygen atoms in total. The maximum absolute atomic E-state index is 5.61. The van der Waals surface area contributed by atoms with E-state index in [1.165, 1.54) is 5.56 Å². The van der Waals surface area contributed by atoms with Crippen LogP contribution in [0.3, 0.4) is 0 Å². The Kier molecular flexibility index (Phi) is 8.31. The highest BCUT2D eigenvalue weighted by Gasteiger charge is 2.12. The molecular weight excluding hydrogens is 250 g/mol. The number of hydrogen-bond acceptors (Lipinski definition) is 3. The molecule has 0 bridgehead atoms. The van der Waals surface area contributed by atoms with E-state index in [0.717, 1.165) is 38.2 Å². The van der Waals surface area contributed by atoms with Gasteiger partial charge in [0.05, 0.1) is 13.2 Å². The lowest BCUT2D eigenvalue weighted by Crippen LogP contribution is -2.35. The van der Waals surface area contributed by atoms with Crippen LogP contribution in [0.5, 0.6) is 5.75 Å². The number of rotatable bonds is 10. The van der Waals surface area contributed by atoms with E-state index >= 15 is 0 Å². The van der Waals surface area contributed by atoms with E-state index in [4.69, 9.17) is 9.47 Å². The molecule has 0 aliphatic rings. The molecule has 0 fully saturated rings. The third-order valence-electron chi connectivity index (χ3n) is 3.34. The summed E-state index contributed by atoms with van der Waals surface area (Å²) in [6, 6.07) is 9.11. The number of hydrogen-bond donors (Lipinski definition) is 1. The highest BCUT2D eigenvalue weighted by molar-refractivity contribution is 5.29. The molecule has 0 aliphatic carbocycles. The van der Waals surface area contributed by atoms with Gasteiger partial charge >= 0.3 is 0 Å². The van der Waals surface area contributed by atoms with Crippen molar-refractivity contribution in [1.82, 2.24) is 5.32 Å². The van der Waals surface area contributed by atoms with Crippen LogP contribution in [0.2, 0.25) is 0 Å². The summed E-state index contributed by atoms with van der Waals surface area (Å²) in [5.41, 5.74) is 1.28. The molecule has 0 aliphatic heterocycles. The van der Waals surface area contributed by atoms with Crippen LogP contribution in [0.15, 0.2) is 24.3 Å². The number of benzene rings is 1. The number of nitrogens with one attached hydrogen (secondary N) is 1. The monoisotopic (exact) mass is 279 g/mol. The Balaban J connectivity index is 2.54. The van der Waals surface area contributed by atoms with Crippen LogP contribution in [0.1, 0.15) is 51.6 Å². The Hall–Kier alpha value is -1.06. The number of methoxy groups -OCH3 is 1. The van der Waals surface area contributed by atoms with Crippen molar-refractivity contribution in [3.8, 4) is 5.75 Å². The van der Waals surface area contributed by atoms with E-state index in [1.807, 2.05) is 12.1 Å². The molecule has 0 radical (unpaired) electrons. The standard InChI is InChI=1S/C17H29NO2/c1-5-7-16(13-19-4)18-14(3)15-8-10-17(11-9-15)20-12-6-2/h8-11,14,16,18H,5-7,12-13H2,1-4H3. The molecular formula is C17H29NO2. The second-order valence-corrected chi connectivity index (χ2v) is 5.25. The summed E-state index contributed by atoms with van der Waals surface area (Å²) in [6.45, 7) is 8.05. The van der Waals surface area contributed by atoms with Gasteiger partial charge in [-0.25, -0.2) is 0 Å². The first kappa shape index (κ1) is 17.0. The minimum Gasteiger partial charge on any atom is -0.494 e. The van der Waals surface area contributed by atoms with E-state index in [2.05, 4.69) is 38.2 Å². The quantitative estimate of drug-likeness (QED) is 0.703. The summed E-state index contributed by atoms with van der Waals surface area (Å²) in [5, 5.41) is 3.63. The van der Waals surface area contributed by atoms with Crippen molar-refractivity contribution < 1.29 is 9.47 Å². The molecule has 0 heterocycles. The molecule has 0 aromatic heterocycles. The van der Waals surface area contributed by atoms with Gasteiger partial charge in [-0.2, -0.15) is 0 Å². The van der Waals surface area contributed by atoms with Crippen LogP contribution in [0, 0.1) is 0 Å². The molecule has 0 saturated carbocycles. The van der Waals surface area contributed by atoms with Crippen LogP contribution >= 0.6 is 0 Å². The van der Waals surface area contributed by atoms with E-state index < -0.39 is 0 Å². The first-order valence-corrected chi connectivity index (χ1v) is 7.69. The molecule has 1 aromatic rings. The molecule has 114 valence electrons. The fourth-order valence-corrected chi connectivity index (χ4v) is 2.29. The topological polar surface area (TPSA) is 30.5 Å². The van der Waals surface area contributed by atoms with Crippen molar-refractivity contribution in [1.29, 1.82) is 0 Å². The summed E-state index contributed by atoms with van der Waals surface area (Å²) in [4.78, 5) is 0. The second kappa shape index (κ2) is 9.78. The van der Waals surface area contributed by atoms with Crippen molar-refractivity contribution in [3.05, 3.63) is 29.8 Å². The van der Waals surface area contributed by atoms with Crippen molar-refractivity contribution >= 4 is 0 Å². The van der Waals surface area contributed by atoms with E-state index in [9.17, 15) is 0 Å². The average Bonchev–Trinajstić information content (AvgIpc) is 2.46. The van der Waals surface area contributed by atoms with Crippen LogP contribution in [0.4, 0.5) is 0 Å². The molecule has 1 N–H and O–H groups in total. The fourth-order valence-electron chi connectivity index (χ4n) is 2.29. The van der Waals surface area contributed by atoms with Crippen LogP contribution in [0.25, 0.3) is 0 Å². The van der Waals surface area contributed by atoms with Crippen molar-refractivity contribution in [2.24, 2.45) is 0 Å². The maximum atomic E-state index is 5.61. The Morgan fingerprint density at radius 2 is 1.80 bits per heavy atom. The molecule has 20 heavy (non-hydrogen) atoms. The molecule has 0 spiro atoms. The zero-order valence-electron chi connectivity index (χ0n) is 13.3. The first-order chi connectivity index (χ1) is 9.71. The molecule has 2 unspecified atom stereocenters. The lowest BCUT2D eigenvalue weighted by atomic mass is 10.1. The van der Waals surface area contributed by atoms with Gasteiger partial charge in [0.1, 0.15) is 5.75 Å². The summed E-state index contributed by atoms with van der Waals surface area (Å²) >= 11 is 0. The SMILES string of the molecule is CCCOc1ccc(C(C)NC(CCC)COC)cc1. The van der Waals surface area contributed by atoms with Gasteiger partial charge in [-0.15, -0.1) is 0 Å². The Labute approximate surface area is 123 Å². The predicted molar refractivity (Wildman–Crippen MR) is 84.4 cm³/mol. The third kappa shape index (κ3) is 5.93. The van der Waals surface area contributed by atoms with Crippen LogP contribution in [-0.4, -0.2) is 26.4 Å². The molecule has 2 atom stereocenters. The van der Waals surface area contributed by atoms with Gasteiger partial charge in [-0.1, -0.05) is 32.4 Å². The smallest absolute Gasteiger partial charge is 0.119 e. The van der Waals surface area contributed by atoms with E-state index in [0.29, 0.717) is 12.1 Å². The van der Waals surface area contributed by atoms with Gasteiger partial charge in [0.15, 0.2) is 0 Å². The Bertz CT molecular complexity index is 345. The van der Waals surface area contributed by atoms with Crippen molar-refractivity contribution in [2.75, 3.05) is 20.3 Å². The van der Waals surface area contributed by atoms with Gasteiger partial charge in [0.2, 0.25) is 0 Å². The van der Waals surface area contributed by atoms with Gasteiger partial charge in [0.25, 0.3) is 0 Å². The fraction of sp³-hybridized carbons (Fsp3) is 0.647. The lowest BCUT2D eigenvalue weighted by molar-refractivity contribution is 0.157. The predicted octanol–water partition coefficient (Wildman–Crippen LogP) is 3.94. The third-order valence-corrected chi connectivity index (χ3v) is 3.34. The Morgan fingerprint density at radius 1 is 1.10 bits per heavy atom. The summed E-state index contributed by atoms with van der Waals surface area (Å²) in [5.74, 6) is 0.949. The van der Waals surface area contributed by atoms with E-state index in [1.54, 1.807) is 7.11 Å². The zero-order valence-corrected chi connectivity index (χ0v) is 13.3. The normalized spacial score (nSPS) is 14.0. The molecule has 0 saturated heterocycles. The molecule has 3 heteroatoms. The maximum Gasteiger partial charge on any atom is 0.119 e. The molecule has 1 rings (SSSR count). The van der Waals surface area contributed by atoms with Crippen LogP contribution in [-0.2, 0) is 4.74 Å². The van der Waals surface area contributed by atoms with Gasteiger partial charge in [-0.3, -0.25) is 0 Å². The van der Waals surface area contributed by atoms with Crippen molar-refractivity contribution in [2.45, 2.75) is 52.1 Å². The minimum atomic E-state index is 0.321.